The minimum Gasteiger partial charge on any atom is -0.468 e. The summed E-state index contributed by atoms with van der Waals surface area (Å²) >= 11 is 0. The number of hydrogen-bond donors (Lipinski definition) is 0. The van der Waals surface area contributed by atoms with Crippen molar-refractivity contribution in [3.63, 3.8) is 0 Å². The van der Waals surface area contributed by atoms with Crippen LogP contribution in [0.1, 0.15) is 36.8 Å². The summed E-state index contributed by atoms with van der Waals surface area (Å²) in [6, 6.07) is 11.7. The molecule has 2 aliphatic rings. The summed E-state index contributed by atoms with van der Waals surface area (Å²) in [4.78, 5) is 33.4. The highest BCUT2D eigenvalue weighted by molar-refractivity contribution is 5.85. The number of methoxy groups -OCH3 is 1. The van der Waals surface area contributed by atoms with Gasteiger partial charge in [-0.05, 0) is 43.4 Å². The molecule has 1 amide bonds. The van der Waals surface area contributed by atoms with Crippen molar-refractivity contribution in [2.24, 2.45) is 5.92 Å². The summed E-state index contributed by atoms with van der Waals surface area (Å²) in [5.41, 5.74) is -0.722. The molecule has 6 nitrogen and oxygen atoms in total. The number of carbonyl (C=O) groups excluding carboxylic acids is 2. The van der Waals surface area contributed by atoms with Gasteiger partial charge in [-0.2, -0.15) is 13.2 Å². The zero-order valence-corrected chi connectivity index (χ0v) is 19.1. The Morgan fingerprint density at radius 1 is 1.06 bits per heavy atom. The van der Waals surface area contributed by atoms with Crippen molar-refractivity contribution in [2.45, 2.75) is 37.3 Å². The molecule has 0 saturated carbocycles. The lowest BCUT2D eigenvalue weighted by atomic mass is 9.72. The maximum absolute atomic E-state index is 13.5. The third kappa shape index (κ3) is 4.60. The van der Waals surface area contributed by atoms with Crippen LogP contribution in [0.15, 0.2) is 48.7 Å². The number of aromatic nitrogens is 1. The number of anilines is 1. The van der Waals surface area contributed by atoms with Crippen molar-refractivity contribution in [1.29, 1.82) is 0 Å². The molecule has 2 fully saturated rings. The van der Waals surface area contributed by atoms with Crippen LogP contribution in [0.2, 0.25) is 0 Å². The number of pyridine rings is 1. The highest BCUT2D eigenvalue weighted by atomic mass is 19.4. The number of rotatable bonds is 4. The van der Waals surface area contributed by atoms with Gasteiger partial charge < -0.3 is 14.5 Å². The van der Waals surface area contributed by atoms with Gasteiger partial charge in [0.15, 0.2) is 0 Å². The van der Waals surface area contributed by atoms with E-state index in [1.165, 1.54) is 19.4 Å². The topological polar surface area (TPSA) is 62.7 Å². The minimum absolute atomic E-state index is 0.0827. The number of hydrogen-bond acceptors (Lipinski definition) is 5. The monoisotopic (exact) mass is 475 g/mol. The molecular weight excluding hydrogens is 447 g/mol. The molecule has 2 saturated heterocycles. The Kier molecular flexibility index (Phi) is 6.81. The van der Waals surface area contributed by atoms with Crippen molar-refractivity contribution < 1.29 is 27.5 Å². The van der Waals surface area contributed by atoms with Gasteiger partial charge in [-0.3, -0.25) is 9.59 Å². The molecule has 182 valence electrons. The number of piperidine rings is 2. The molecule has 34 heavy (non-hydrogen) atoms. The van der Waals surface area contributed by atoms with E-state index in [-0.39, 0.29) is 24.2 Å². The Bertz CT molecular complexity index is 1020. The highest BCUT2D eigenvalue weighted by Crippen LogP contribution is 2.39. The van der Waals surface area contributed by atoms with Gasteiger partial charge in [0.2, 0.25) is 5.91 Å². The fourth-order valence-corrected chi connectivity index (χ4v) is 5.17. The van der Waals surface area contributed by atoms with Crippen LogP contribution < -0.4 is 4.90 Å². The third-order valence-corrected chi connectivity index (χ3v) is 6.99. The smallest absolute Gasteiger partial charge is 0.419 e. The molecule has 0 aliphatic carbocycles. The first-order valence-electron chi connectivity index (χ1n) is 11.5. The summed E-state index contributed by atoms with van der Waals surface area (Å²) < 4.78 is 45.5. The Morgan fingerprint density at radius 3 is 2.41 bits per heavy atom. The molecule has 0 spiro atoms. The van der Waals surface area contributed by atoms with Gasteiger partial charge in [-0.25, -0.2) is 4.98 Å². The Labute approximate surface area is 196 Å². The molecule has 1 aromatic heterocycles. The van der Waals surface area contributed by atoms with Gasteiger partial charge in [0, 0.05) is 32.4 Å². The lowest BCUT2D eigenvalue weighted by molar-refractivity contribution is -0.152. The zero-order chi connectivity index (χ0) is 24.3. The first-order valence-corrected chi connectivity index (χ1v) is 11.5. The lowest BCUT2D eigenvalue weighted by Crippen LogP contribution is -2.52. The number of ether oxygens (including phenoxy) is 1. The van der Waals surface area contributed by atoms with Gasteiger partial charge in [0.25, 0.3) is 0 Å². The number of benzene rings is 1. The van der Waals surface area contributed by atoms with E-state index in [0.717, 1.165) is 11.6 Å². The SMILES string of the molecule is COC(=O)C1(c2ccccc2)CCN(C(=O)C2CCCN(c3ncccc3C(F)(F)F)C2)CC1. The first-order chi connectivity index (χ1) is 16.3. The van der Waals surface area contributed by atoms with E-state index >= 15 is 0 Å². The molecule has 0 bridgehead atoms. The minimum atomic E-state index is -4.51. The number of carbonyl (C=O) groups is 2. The zero-order valence-electron chi connectivity index (χ0n) is 19.1. The van der Waals surface area contributed by atoms with Crippen LogP contribution in [-0.2, 0) is 25.9 Å². The Balaban J connectivity index is 1.47. The molecule has 0 radical (unpaired) electrons. The highest BCUT2D eigenvalue weighted by Gasteiger charge is 2.45. The van der Waals surface area contributed by atoms with E-state index in [9.17, 15) is 22.8 Å². The van der Waals surface area contributed by atoms with Crippen LogP contribution >= 0.6 is 0 Å². The quantitative estimate of drug-likeness (QED) is 0.625. The molecule has 0 N–H and O–H groups in total. The van der Waals surface area contributed by atoms with Crippen molar-refractivity contribution in [1.82, 2.24) is 9.88 Å². The molecule has 4 rings (SSSR count). The van der Waals surface area contributed by atoms with Crippen LogP contribution in [0.4, 0.5) is 19.0 Å². The summed E-state index contributed by atoms with van der Waals surface area (Å²) in [6.07, 6.45) is -1.08. The average Bonchev–Trinajstić information content (AvgIpc) is 2.88. The summed E-state index contributed by atoms with van der Waals surface area (Å²) in [6.45, 7) is 1.38. The van der Waals surface area contributed by atoms with E-state index in [1.54, 1.807) is 9.80 Å². The second-order valence-electron chi connectivity index (χ2n) is 8.92. The predicted octanol–water partition coefficient (Wildman–Crippen LogP) is 4.05. The maximum atomic E-state index is 13.5. The lowest BCUT2D eigenvalue weighted by Gasteiger charge is -2.42. The van der Waals surface area contributed by atoms with E-state index in [4.69, 9.17) is 4.74 Å². The predicted molar refractivity (Wildman–Crippen MR) is 120 cm³/mol. The van der Waals surface area contributed by atoms with Crippen LogP contribution in [0, 0.1) is 5.92 Å². The molecule has 1 unspecified atom stereocenters. The number of alkyl halides is 3. The van der Waals surface area contributed by atoms with Crippen molar-refractivity contribution in [3.05, 3.63) is 59.8 Å². The molecule has 3 heterocycles. The van der Waals surface area contributed by atoms with Crippen molar-refractivity contribution in [2.75, 3.05) is 38.2 Å². The number of amides is 1. The average molecular weight is 476 g/mol. The van der Waals surface area contributed by atoms with E-state index < -0.39 is 23.1 Å². The first kappa shape index (κ1) is 24.0. The van der Waals surface area contributed by atoms with Crippen molar-refractivity contribution >= 4 is 17.7 Å². The van der Waals surface area contributed by atoms with Crippen LogP contribution in [-0.4, -0.2) is 55.0 Å². The summed E-state index contributed by atoms with van der Waals surface area (Å²) in [7, 11) is 1.37. The Morgan fingerprint density at radius 2 is 1.76 bits per heavy atom. The summed E-state index contributed by atoms with van der Waals surface area (Å²) in [5.74, 6) is -0.940. The molecular formula is C25H28F3N3O3. The van der Waals surface area contributed by atoms with E-state index in [1.807, 2.05) is 30.3 Å². The summed E-state index contributed by atoms with van der Waals surface area (Å²) in [5, 5.41) is 0. The van der Waals surface area contributed by atoms with E-state index in [2.05, 4.69) is 4.98 Å². The standard InChI is InChI=1S/C25H28F3N3O3/c1-34-23(33)24(19-8-3-2-4-9-19)11-15-30(16-12-24)22(32)18-7-6-14-31(17-18)21-20(25(26,27)28)10-5-13-29-21/h2-5,8-10,13,18H,6-7,11-12,14-17H2,1H3. The maximum Gasteiger partial charge on any atom is 0.419 e. The molecule has 9 heteroatoms. The third-order valence-electron chi connectivity index (χ3n) is 6.99. The molecule has 2 aliphatic heterocycles. The van der Waals surface area contributed by atoms with Crippen molar-refractivity contribution in [3.8, 4) is 0 Å². The van der Waals surface area contributed by atoms with Gasteiger partial charge in [0.05, 0.1) is 24.0 Å². The normalized spacial score (nSPS) is 20.6. The van der Waals surface area contributed by atoms with E-state index in [0.29, 0.717) is 45.3 Å². The van der Waals surface area contributed by atoms with Gasteiger partial charge >= 0.3 is 12.1 Å². The largest absolute Gasteiger partial charge is 0.468 e. The van der Waals surface area contributed by atoms with Crippen LogP contribution in [0.5, 0.6) is 0 Å². The Hall–Kier alpha value is -3.10. The molecule has 1 aromatic carbocycles. The van der Waals surface area contributed by atoms with Gasteiger partial charge in [-0.1, -0.05) is 30.3 Å². The number of likely N-dealkylation sites (tertiary alicyclic amines) is 1. The fraction of sp³-hybridized carbons (Fsp3) is 0.480. The molecule has 2 aromatic rings. The molecule has 1 atom stereocenters. The van der Waals surface area contributed by atoms with Crippen LogP contribution in [0.3, 0.4) is 0 Å². The number of nitrogens with zero attached hydrogens (tertiary/aromatic N) is 3. The van der Waals surface area contributed by atoms with Gasteiger partial charge in [-0.15, -0.1) is 0 Å². The fourth-order valence-electron chi connectivity index (χ4n) is 5.17. The number of halogens is 3. The number of esters is 1. The second kappa shape index (κ2) is 9.64. The second-order valence-corrected chi connectivity index (χ2v) is 8.92. The van der Waals surface area contributed by atoms with Crippen LogP contribution in [0.25, 0.3) is 0 Å². The van der Waals surface area contributed by atoms with Gasteiger partial charge in [0.1, 0.15) is 5.82 Å².